The second-order valence-corrected chi connectivity index (χ2v) is 6.38. The third-order valence-corrected chi connectivity index (χ3v) is 4.28. The smallest absolute Gasteiger partial charge is 0.255 e. The summed E-state index contributed by atoms with van der Waals surface area (Å²) in [5, 5.41) is 2.32. The lowest BCUT2D eigenvalue weighted by molar-refractivity contribution is -0.136. The molecule has 0 saturated carbocycles. The summed E-state index contributed by atoms with van der Waals surface area (Å²) < 4.78 is 0. The normalized spacial score (nSPS) is 21.3. The van der Waals surface area contributed by atoms with Crippen LogP contribution < -0.4 is 5.32 Å². The molecule has 120 valence electrons. The number of imide groups is 1. The number of benzene rings is 1. The van der Waals surface area contributed by atoms with Crippen LogP contribution in [0, 0.1) is 5.92 Å². The molecule has 0 aliphatic carbocycles. The molecule has 1 aromatic rings. The number of allylic oxidation sites excluding steroid dienone is 1. The Morgan fingerprint density at radius 2 is 2.04 bits per heavy atom. The van der Waals surface area contributed by atoms with Gasteiger partial charge in [-0.25, -0.2) is 0 Å². The molecule has 1 saturated heterocycles. The van der Waals surface area contributed by atoms with Gasteiger partial charge in [-0.1, -0.05) is 38.1 Å². The summed E-state index contributed by atoms with van der Waals surface area (Å²) >= 11 is 0. The Morgan fingerprint density at radius 1 is 1.26 bits per heavy atom. The van der Waals surface area contributed by atoms with Gasteiger partial charge in [-0.05, 0) is 29.5 Å². The molecule has 5 nitrogen and oxygen atoms in total. The van der Waals surface area contributed by atoms with E-state index in [2.05, 4.69) is 25.2 Å². The first-order valence-corrected chi connectivity index (χ1v) is 7.92. The van der Waals surface area contributed by atoms with Crippen LogP contribution in [0.2, 0.25) is 0 Å². The second-order valence-electron chi connectivity index (χ2n) is 6.38. The molecule has 1 atom stereocenters. The van der Waals surface area contributed by atoms with E-state index in [-0.39, 0.29) is 24.1 Å². The number of nitrogens with one attached hydrogen (secondary N) is 1. The van der Waals surface area contributed by atoms with Gasteiger partial charge in [0.05, 0.1) is 0 Å². The maximum atomic E-state index is 12.7. The first-order valence-electron chi connectivity index (χ1n) is 7.92. The lowest BCUT2D eigenvalue weighted by Crippen LogP contribution is -2.52. The summed E-state index contributed by atoms with van der Waals surface area (Å²) in [7, 11) is 0. The van der Waals surface area contributed by atoms with Gasteiger partial charge in [-0.3, -0.25) is 19.7 Å². The molecule has 2 aliphatic heterocycles. The van der Waals surface area contributed by atoms with E-state index >= 15 is 0 Å². The maximum Gasteiger partial charge on any atom is 0.255 e. The molecule has 0 spiro atoms. The van der Waals surface area contributed by atoms with Crippen LogP contribution in [0.5, 0.6) is 0 Å². The molecule has 1 fully saturated rings. The molecule has 23 heavy (non-hydrogen) atoms. The molecule has 5 heteroatoms. The number of rotatable bonds is 3. The quantitative estimate of drug-likeness (QED) is 0.869. The molecule has 3 rings (SSSR count). The third kappa shape index (κ3) is 2.91. The number of nitrogens with zero attached hydrogens (tertiary/aromatic N) is 1. The third-order valence-electron chi connectivity index (χ3n) is 4.28. The summed E-state index contributed by atoms with van der Waals surface area (Å²) in [6, 6.07) is 5.09. The molecule has 3 amide bonds. The summed E-state index contributed by atoms with van der Waals surface area (Å²) in [6.07, 6.45) is 4.79. The number of hydrogen-bond acceptors (Lipinski definition) is 3. The molecular weight excluding hydrogens is 292 g/mol. The number of carbonyl (C=O) groups is 3. The number of fused-ring (bicyclic) bond motifs is 1. The summed E-state index contributed by atoms with van der Waals surface area (Å²) in [5.74, 6) is -0.346. The van der Waals surface area contributed by atoms with Crippen LogP contribution in [-0.2, 0) is 16.1 Å². The maximum absolute atomic E-state index is 12.7. The van der Waals surface area contributed by atoms with Crippen molar-refractivity contribution < 1.29 is 14.4 Å². The minimum Gasteiger partial charge on any atom is -0.322 e. The monoisotopic (exact) mass is 312 g/mol. The molecule has 1 aromatic carbocycles. The van der Waals surface area contributed by atoms with Crippen LogP contribution in [0.1, 0.15) is 48.2 Å². The van der Waals surface area contributed by atoms with Gasteiger partial charge in [0.2, 0.25) is 11.8 Å². The van der Waals surface area contributed by atoms with Gasteiger partial charge in [0.15, 0.2) is 0 Å². The number of carbonyl (C=O) groups excluding carboxylic acids is 3. The Bertz CT molecular complexity index is 706. The van der Waals surface area contributed by atoms with Crippen molar-refractivity contribution >= 4 is 23.8 Å². The first kappa shape index (κ1) is 15.5. The van der Waals surface area contributed by atoms with Gasteiger partial charge >= 0.3 is 0 Å². The Balaban J connectivity index is 1.88. The highest BCUT2D eigenvalue weighted by atomic mass is 16.2. The predicted octanol–water partition coefficient (Wildman–Crippen LogP) is 2.12. The van der Waals surface area contributed by atoms with Gasteiger partial charge in [0.25, 0.3) is 5.91 Å². The summed E-state index contributed by atoms with van der Waals surface area (Å²) in [4.78, 5) is 37.6. The lowest BCUT2D eigenvalue weighted by Gasteiger charge is -2.29. The predicted molar refractivity (Wildman–Crippen MR) is 86.4 cm³/mol. The van der Waals surface area contributed by atoms with Crippen molar-refractivity contribution in [3.8, 4) is 0 Å². The minimum atomic E-state index is -0.561. The topological polar surface area (TPSA) is 66.5 Å². The first-order chi connectivity index (χ1) is 11.0. The van der Waals surface area contributed by atoms with Crippen LogP contribution in [0.15, 0.2) is 24.3 Å². The molecule has 1 N–H and O–H groups in total. The lowest BCUT2D eigenvalue weighted by atomic mass is 10.0. The van der Waals surface area contributed by atoms with Crippen LogP contribution in [0.4, 0.5) is 0 Å². The van der Waals surface area contributed by atoms with Crippen molar-refractivity contribution in [2.75, 3.05) is 0 Å². The van der Waals surface area contributed by atoms with E-state index in [1.54, 1.807) is 11.0 Å². The van der Waals surface area contributed by atoms with Crippen LogP contribution in [0.3, 0.4) is 0 Å². The fourth-order valence-corrected chi connectivity index (χ4v) is 3.06. The van der Waals surface area contributed by atoms with E-state index in [9.17, 15) is 14.4 Å². The van der Waals surface area contributed by atoms with Crippen molar-refractivity contribution in [1.82, 2.24) is 10.2 Å². The van der Waals surface area contributed by atoms with E-state index in [4.69, 9.17) is 0 Å². The molecule has 2 aliphatic rings. The van der Waals surface area contributed by atoms with E-state index in [1.807, 2.05) is 18.2 Å². The minimum absolute atomic E-state index is 0.130. The zero-order valence-corrected chi connectivity index (χ0v) is 13.3. The van der Waals surface area contributed by atoms with Crippen LogP contribution >= 0.6 is 0 Å². The summed E-state index contributed by atoms with van der Waals surface area (Å²) in [6.45, 7) is 4.61. The van der Waals surface area contributed by atoms with Crippen LogP contribution in [-0.4, -0.2) is 28.7 Å². The fraction of sp³-hybridized carbons (Fsp3) is 0.389. The highest BCUT2D eigenvalue weighted by Gasteiger charge is 2.39. The van der Waals surface area contributed by atoms with Crippen LogP contribution in [0.25, 0.3) is 6.08 Å². The largest absolute Gasteiger partial charge is 0.322 e. The fourth-order valence-electron chi connectivity index (χ4n) is 3.06. The molecule has 0 bridgehead atoms. The zero-order chi connectivity index (χ0) is 16.6. The molecule has 0 aromatic heterocycles. The SMILES string of the molecule is CC(C)C=Cc1cccc2c1CN(C1CCC(=O)NC1=O)C2=O. The number of hydrogen-bond donors (Lipinski definition) is 1. The summed E-state index contributed by atoms with van der Waals surface area (Å²) in [5.41, 5.74) is 2.62. The molecule has 1 unspecified atom stereocenters. The average Bonchev–Trinajstić information content (AvgIpc) is 2.83. The van der Waals surface area contributed by atoms with E-state index < -0.39 is 6.04 Å². The highest BCUT2D eigenvalue weighted by molar-refractivity contribution is 6.05. The Morgan fingerprint density at radius 3 is 2.74 bits per heavy atom. The van der Waals surface area contributed by atoms with Gasteiger partial charge < -0.3 is 4.90 Å². The van der Waals surface area contributed by atoms with E-state index in [1.165, 1.54) is 0 Å². The van der Waals surface area contributed by atoms with Crippen molar-refractivity contribution in [2.24, 2.45) is 5.92 Å². The van der Waals surface area contributed by atoms with E-state index in [0.29, 0.717) is 24.4 Å². The van der Waals surface area contributed by atoms with Gasteiger partial charge in [-0.2, -0.15) is 0 Å². The highest BCUT2D eigenvalue weighted by Crippen LogP contribution is 2.30. The van der Waals surface area contributed by atoms with E-state index in [0.717, 1.165) is 11.1 Å². The Labute approximate surface area is 135 Å². The molecule has 0 radical (unpaired) electrons. The average molecular weight is 312 g/mol. The van der Waals surface area contributed by atoms with Gasteiger partial charge in [0.1, 0.15) is 6.04 Å². The zero-order valence-electron chi connectivity index (χ0n) is 13.3. The van der Waals surface area contributed by atoms with Gasteiger partial charge in [-0.15, -0.1) is 0 Å². The second kappa shape index (κ2) is 5.99. The number of piperidine rings is 1. The van der Waals surface area contributed by atoms with Crippen molar-refractivity contribution in [1.29, 1.82) is 0 Å². The number of amides is 3. The molecule has 2 heterocycles. The molecular formula is C18H20N2O3. The Kier molecular flexibility index (Phi) is 4.03. The van der Waals surface area contributed by atoms with Crippen molar-refractivity contribution in [3.63, 3.8) is 0 Å². The standard InChI is InChI=1S/C18H20N2O3/c1-11(2)6-7-12-4-3-5-13-14(12)10-20(18(13)23)15-8-9-16(21)19-17(15)22/h3-7,11,15H,8-10H2,1-2H3,(H,19,21,22). The van der Waals surface area contributed by atoms with Crippen molar-refractivity contribution in [2.45, 2.75) is 39.3 Å². The van der Waals surface area contributed by atoms with Crippen molar-refractivity contribution in [3.05, 3.63) is 41.0 Å². The van der Waals surface area contributed by atoms with Gasteiger partial charge in [0, 0.05) is 18.5 Å². The Hall–Kier alpha value is -2.43.